The average Bonchev–Trinajstić information content (AvgIpc) is 2.78. The van der Waals surface area contributed by atoms with Crippen LogP contribution in [-0.4, -0.2) is 45.7 Å². The van der Waals surface area contributed by atoms with Crippen LogP contribution in [0.2, 0.25) is 0 Å². The summed E-state index contributed by atoms with van der Waals surface area (Å²) < 4.78 is 5.61. The van der Waals surface area contributed by atoms with Crippen LogP contribution < -0.4 is 10.2 Å². The van der Waals surface area contributed by atoms with Crippen molar-refractivity contribution in [2.24, 2.45) is 0 Å². The molecule has 1 N–H and O–H groups in total. The van der Waals surface area contributed by atoms with E-state index in [0.29, 0.717) is 12.4 Å². The molecule has 0 aliphatic carbocycles. The normalized spacial score (nSPS) is 16.6. The van der Waals surface area contributed by atoms with Crippen molar-refractivity contribution in [2.45, 2.75) is 32.9 Å². The molecule has 7 heteroatoms. The first-order valence-electron chi connectivity index (χ1n) is 10.1. The van der Waals surface area contributed by atoms with Gasteiger partial charge in [-0.1, -0.05) is 19.1 Å². The highest BCUT2D eigenvalue weighted by molar-refractivity contribution is 5.53. The molecule has 1 saturated heterocycles. The molecule has 3 aromatic heterocycles. The van der Waals surface area contributed by atoms with Gasteiger partial charge in [-0.05, 0) is 37.1 Å². The van der Waals surface area contributed by atoms with Gasteiger partial charge in [0.1, 0.15) is 17.3 Å². The summed E-state index contributed by atoms with van der Waals surface area (Å²) in [6, 6.07) is 11.9. The van der Waals surface area contributed by atoms with Gasteiger partial charge in [0.15, 0.2) is 5.82 Å². The Morgan fingerprint density at radius 1 is 1.17 bits per heavy atom. The fourth-order valence-corrected chi connectivity index (χ4v) is 3.31. The number of nitrogens with one attached hydrogen (secondary N) is 1. The lowest BCUT2D eigenvalue weighted by Crippen LogP contribution is -2.41. The minimum Gasteiger partial charge on any atom is -0.375 e. The number of hydrogen-bond acceptors (Lipinski definition) is 7. The summed E-state index contributed by atoms with van der Waals surface area (Å²) >= 11 is 0. The van der Waals surface area contributed by atoms with Gasteiger partial charge in [-0.25, -0.2) is 15.0 Å². The van der Waals surface area contributed by atoms with Crippen molar-refractivity contribution < 1.29 is 4.74 Å². The van der Waals surface area contributed by atoms with Gasteiger partial charge in [0, 0.05) is 43.8 Å². The van der Waals surface area contributed by atoms with Crippen LogP contribution in [0.5, 0.6) is 0 Å². The zero-order valence-corrected chi connectivity index (χ0v) is 16.9. The number of pyridine rings is 2. The summed E-state index contributed by atoms with van der Waals surface area (Å²) in [5.41, 5.74) is 2.86. The van der Waals surface area contributed by atoms with Crippen molar-refractivity contribution in [3.8, 4) is 11.5 Å². The molecule has 1 fully saturated rings. The maximum Gasteiger partial charge on any atom is 0.180 e. The second kappa shape index (κ2) is 8.96. The van der Waals surface area contributed by atoms with Gasteiger partial charge in [0.25, 0.3) is 0 Å². The SMILES string of the molecule is CCc1cc(NCc2ccc(N3CCOC(C)C3)nc2)nc(-c2ccccn2)n1. The molecule has 4 rings (SSSR count). The number of hydrogen-bond donors (Lipinski definition) is 1. The molecule has 0 saturated carbocycles. The van der Waals surface area contributed by atoms with Gasteiger partial charge in [-0.2, -0.15) is 0 Å². The molecule has 1 unspecified atom stereocenters. The molecule has 150 valence electrons. The molecular weight excluding hydrogens is 364 g/mol. The predicted octanol–water partition coefficient (Wildman–Crippen LogP) is 3.33. The van der Waals surface area contributed by atoms with Crippen LogP contribution in [0.1, 0.15) is 25.1 Å². The average molecular weight is 390 g/mol. The summed E-state index contributed by atoms with van der Waals surface area (Å²) in [6.07, 6.45) is 4.76. The molecule has 29 heavy (non-hydrogen) atoms. The number of morpholine rings is 1. The van der Waals surface area contributed by atoms with Gasteiger partial charge >= 0.3 is 0 Å². The maximum absolute atomic E-state index is 5.61. The molecule has 0 bridgehead atoms. The Labute approximate surface area is 171 Å². The Bertz CT molecular complexity index is 932. The summed E-state index contributed by atoms with van der Waals surface area (Å²) in [6.45, 7) is 7.33. The van der Waals surface area contributed by atoms with Crippen molar-refractivity contribution in [1.29, 1.82) is 0 Å². The van der Waals surface area contributed by atoms with Crippen LogP contribution in [0.3, 0.4) is 0 Å². The van der Waals surface area contributed by atoms with Crippen molar-refractivity contribution in [3.05, 3.63) is 60.0 Å². The summed E-state index contributed by atoms with van der Waals surface area (Å²) in [5.74, 6) is 2.43. The van der Waals surface area contributed by atoms with Crippen molar-refractivity contribution in [3.63, 3.8) is 0 Å². The fraction of sp³-hybridized carbons (Fsp3) is 0.364. The Balaban J connectivity index is 1.44. The third-order valence-corrected chi connectivity index (χ3v) is 4.88. The highest BCUT2D eigenvalue weighted by Crippen LogP contribution is 2.18. The summed E-state index contributed by atoms with van der Waals surface area (Å²) in [7, 11) is 0. The van der Waals surface area contributed by atoms with Crippen molar-refractivity contribution >= 4 is 11.6 Å². The first-order chi connectivity index (χ1) is 14.2. The molecule has 0 spiro atoms. The monoisotopic (exact) mass is 390 g/mol. The van der Waals surface area contributed by atoms with Crippen LogP contribution in [0.15, 0.2) is 48.8 Å². The molecule has 7 nitrogen and oxygen atoms in total. The molecule has 4 heterocycles. The summed E-state index contributed by atoms with van der Waals surface area (Å²) in [5, 5.41) is 3.40. The highest BCUT2D eigenvalue weighted by Gasteiger charge is 2.17. The zero-order chi connectivity index (χ0) is 20.1. The number of ether oxygens (including phenoxy) is 1. The number of aromatic nitrogens is 4. The molecule has 1 aliphatic heterocycles. The van der Waals surface area contributed by atoms with E-state index in [0.717, 1.165) is 54.7 Å². The van der Waals surface area contributed by atoms with E-state index < -0.39 is 0 Å². The fourth-order valence-electron chi connectivity index (χ4n) is 3.31. The zero-order valence-electron chi connectivity index (χ0n) is 16.9. The molecule has 0 amide bonds. The Morgan fingerprint density at radius 3 is 2.83 bits per heavy atom. The number of nitrogens with zero attached hydrogens (tertiary/aromatic N) is 5. The predicted molar refractivity (Wildman–Crippen MR) is 114 cm³/mol. The van der Waals surface area contributed by atoms with E-state index >= 15 is 0 Å². The quantitative estimate of drug-likeness (QED) is 0.692. The molecule has 1 atom stereocenters. The Kier molecular flexibility index (Phi) is 5.95. The second-order valence-corrected chi connectivity index (χ2v) is 7.14. The lowest BCUT2D eigenvalue weighted by atomic mass is 10.2. The minimum absolute atomic E-state index is 0.241. The molecule has 0 radical (unpaired) electrons. The van der Waals surface area contributed by atoms with E-state index in [2.05, 4.69) is 56.1 Å². The van der Waals surface area contributed by atoms with Gasteiger partial charge in [-0.3, -0.25) is 4.98 Å². The van der Waals surface area contributed by atoms with Gasteiger partial charge in [-0.15, -0.1) is 0 Å². The maximum atomic E-state index is 5.61. The third kappa shape index (κ3) is 4.86. The minimum atomic E-state index is 0.241. The molecule has 3 aromatic rings. The third-order valence-electron chi connectivity index (χ3n) is 4.88. The second-order valence-electron chi connectivity index (χ2n) is 7.14. The molecular formula is C22H26N6O. The van der Waals surface area contributed by atoms with E-state index in [1.807, 2.05) is 30.5 Å². The van der Waals surface area contributed by atoms with E-state index in [9.17, 15) is 0 Å². The topological polar surface area (TPSA) is 76.1 Å². The van der Waals surface area contributed by atoms with Gasteiger partial charge in [0.05, 0.1) is 12.7 Å². The van der Waals surface area contributed by atoms with Crippen LogP contribution in [-0.2, 0) is 17.7 Å². The van der Waals surface area contributed by atoms with Crippen LogP contribution >= 0.6 is 0 Å². The lowest BCUT2D eigenvalue weighted by molar-refractivity contribution is 0.0529. The summed E-state index contributed by atoms with van der Waals surface area (Å²) in [4.78, 5) is 20.5. The Morgan fingerprint density at radius 2 is 2.10 bits per heavy atom. The van der Waals surface area contributed by atoms with Crippen molar-refractivity contribution in [1.82, 2.24) is 19.9 Å². The number of anilines is 2. The van der Waals surface area contributed by atoms with Crippen LogP contribution in [0, 0.1) is 0 Å². The first-order valence-corrected chi connectivity index (χ1v) is 10.1. The van der Waals surface area contributed by atoms with E-state index in [-0.39, 0.29) is 6.10 Å². The smallest absolute Gasteiger partial charge is 0.180 e. The highest BCUT2D eigenvalue weighted by atomic mass is 16.5. The van der Waals surface area contributed by atoms with Crippen LogP contribution in [0.4, 0.5) is 11.6 Å². The largest absolute Gasteiger partial charge is 0.375 e. The van der Waals surface area contributed by atoms with Crippen molar-refractivity contribution in [2.75, 3.05) is 29.9 Å². The van der Waals surface area contributed by atoms with Gasteiger partial charge in [0.2, 0.25) is 0 Å². The van der Waals surface area contributed by atoms with Gasteiger partial charge < -0.3 is 15.0 Å². The standard InChI is InChI=1S/C22H26N6O/c1-3-18-12-20(27-22(26-18)19-6-4-5-9-23-19)24-13-17-7-8-21(25-14-17)28-10-11-29-16(2)15-28/h4-9,12,14,16H,3,10-11,13,15H2,1-2H3,(H,24,26,27). The van der Waals surface area contributed by atoms with E-state index in [4.69, 9.17) is 4.74 Å². The molecule has 1 aliphatic rings. The Hall–Kier alpha value is -3.06. The lowest BCUT2D eigenvalue weighted by Gasteiger charge is -2.32. The number of rotatable bonds is 6. The molecule has 0 aromatic carbocycles. The van der Waals surface area contributed by atoms with Crippen LogP contribution in [0.25, 0.3) is 11.5 Å². The van der Waals surface area contributed by atoms with E-state index in [1.54, 1.807) is 6.20 Å². The number of aryl methyl sites for hydroxylation is 1. The first kappa shape index (κ1) is 19.3. The van der Waals surface area contributed by atoms with E-state index in [1.165, 1.54) is 0 Å².